The zero-order valence-corrected chi connectivity index (χ0v) is 16.4. The van der Waals surface area contributed by atoms with Gasteiger partial charge in [-0.1, -0.05) is 12.1 Å². The largest absolute Gasteiger partial charge is 0.444 e. The summed E-state index contributed by atoms with van der Waals surface area (Å²) in [5.41, 5.74) is 0.431. The van der Waals surface area contributed by atoms with Gasteiger partial charge >= 0.3 is 6.09 Å². The molecule has 2 bridgehead atoms. The second-order valence-corrected chi connectivity index (χ2v) is 8.62. The minimum absolute atomic E-state index is 0.189. The third-order valence-corrected chi connectivity index (χ3v) is 5.06. The SMILES string of the molecule is CN(C)c1cccc(C2(O)CC3COCC(C2)N3C(=O)OC(C)(C)C)c1. The molecule has 2 aliphatic heterocycles. The summed E-state index contributed by atoms with van der Waals surface area (Å²) in [6.07, 6.45) is 0.569. The van der Waals surface area contributed by atoms with Crippen molar-refractivity contribution in [2.45, 2.75) is 56.9 Å². The van der Waals surface area contributed by atoms with Crippen LogP contribution in [-0.4, -0.2) is 61.1 Å². The number of carbonyl (C=O) groups excluding carboxylic acids is 1. The molecule has 0 saturated carbocycles. The van der Waals surface area contributed by atoms with Gasteiger partial charge in [0.1, 0.15) is 5.60 Å². The Labute approximate surface area is 155 Å². The second-order valence-electron chi connectivity index (χ2n) is 8.62. The van der Waals surface area contributed by atoms with E-state index in [1.165, 1.54) is 0 Å². The minimum atomic E-state index is -0.969. The molecule has 3 rings (SSSR count). The standard InChI is InChI=1S/C20H30N2O4/c1-19(2,3)26-18(23)22-16-10-20(24,11-17(22)13-25-12-16)14-7-6-8-15(9-14)21(4)5/h6-9,16-17,24H,10-13H2,1-5H3. The van der Waals surface area contributed by atoms with Gasteiger partial charge < -0.3 is 19.5 Å². The molecule has 2 aliphatic rings. The Kier molecular flexibility index (Phi) is 4.92. The molecule has 2 saturated heterocycles. The van der Waals surface area contributed by atoms with Gasteiger partial charge in [0.2, 0.25) is 0 Å². The molecule has 2 heterocycles. The van der Waals surface area contributed by atoms with Crippen LogP contribution >= 0.6 is 0 Å². The summed E-state index contributed by atoms with van der Waals surface area (Å²) in [7, 11) is 3.97. The van der Waals surface area contributed by atoms with Crippen LogP contribution in [0.3, 0.4) is 0 Å². The molecular weight excluding hydrogens is 332 g/mol. The maximum Gasteiger partial charge on any atom is 0.410 e. The monoisotopic (exact) mass is 362 g/mol. The van der Waals surface area contributed by atoms with E-state index in [2.05, 4.69) is 0 Å². The lowest BCUT2D eigenvalue weighted by molar-refractivity contribution is -0.141. The van der Waals surface area contributed by atoms with Crippen LogP contribution in [-0.2, 0) is 15.1 Å². The summed E-state index contributed by atoms with van der Waals surface area (Å²) in [5, 5.41) is 11.4. The highest BCUT2D eigenvalue weighted by Gasteiger charge is 2.49. The lowest BCUT2D eigenvalue weighted by Gasteiger charge is -2.51. The zero-order chi connectivity index (χ0) is 19.1. The number of benzene rings is 1. The van der Waals surface area contributed by atoms with Crippen molar-refractivity contribution in [1.82, 2.24) is 4.90 Å². The maximum atomic E-state index is 12.7. The highest BCUT2D eigenvalue weighted by Crippen LogP contribution is 2.42. The first-order chi connectivity index (χ1) is 12.1. The van der Waals surface area contributed by atoms with E-state index in [1.807, 2.05) is 64.0 Å². The molecule has 0 radical (unpaired) electrons. The quantitative estimate of drug-likeness (QED) is 0.876. The Balaban J connectivity index is 1.85. The first-order valence-electron chi connectivity index (χ1n) is 9.18. The maximum absolute atomic E-state index is 12.7. The van der Waals surface area contributed by atoms with Crippen molar-refractivity contribution in [2.24, 2.45) is 0 Å². The van der Waals surface area contributed by atoms with Gasteiger partial charge in [-0.05, 0) is 38.5 Å². The van der Waals surface area contributed by atoms with Gasteiger partial charge in [0.15, 0.2) is 0 Å². The van der Waals surface area contributed by atoms with E-state index in [0.717, 1.165) is 11.3 Å². The predicted octanol–water partition coefficient (Wildman–Crippen LogP) is 2.74. The molecule has 0 aliphatic carbocycles. The fraction of sp³-hybridized carbons (Fsp3) is 0.650. The van der Waals surface area contributed by atoms with Crippen molar-refractivity contribution < 1.29 is 19.4 Å². The molecule has 2 unspecified atom stereocenters. The van der Waals surface area contributed by atoms with E-state index in [1.54, 1.807) is 4.90 Å². The van der Waals surface area contributed by atoms with Crippen LogP contribution in [0.1, 0.15) is 39.2 Å². The van der Waals surface area contributed by atoms with E-state index < -0.39 is 11.2 Å². The predicted molar refractivity (Wildman–Crippen MR) is 100 cm³/mol. The van der Waals surface area contributed by atoms with Crippen molar-refractivity contribution in [3.05, 3.63) is 29.8 Å². The number of nitrogens with zero attached hydrogens (tertiary/aromatic N) is 2. The lowest BCUT2D eigenvalue weighted by Crippen LogP contribution is -2.63. The Morgan fingerprint density at radius 3 is 2.42 bits per heavy atom. The molecule has 144 valence electrons. The van der Waals surface area contributed by atoms with Crippen LogP contribution in [0.5, 0.6) is 0 Å². The fourth-order valence-electron chi connectivity index (χ4n) is 3.90. The van der Waals surface area contributed by atoms with E-state index in [4.69, 9.17) is 9.47 Å². The average Bonchev–Trinajstić information content (AvgIpc) is 2.52. The number of anilines is 1. The number of ether oxygens (including phenoxy) is 2. The normalized spacial score (nSPS) is 28.6. The number of hydrogen-bond acceptors (Lipinski definition) is 5. The summed E-state index contributed by atoms with van der Waals surface area (Å²) in [6, 6.07) is 7.60. The molecule has 0 aromatic heterocycles. The Morgan fingerprint density at radius 1 is 1.27 bits per heavy atom. The summed E-state index contributed by atoms with van der Waals surface area (Å²) in [5.74, 6) is 0. The van der Waals surface area contributed by atoms with Crippen LogP contribution in [0.4, 0.5) is 10.5 Å². The van der Waals surface area contributed by atoms with Gasteiger partial charge in [-0.3, -0.25) is 4.90 Å². The van der Waals surface area contributed by atoms with E-state index in [-0.39, 0.29) is 18.2 Å². The number of carbonyl (C=O) groups is 1. The van der Waals surface area contributed by atoms with Gasteiger partial charge in [-0.25, -0.2) is 4.79 Å². The van der Waals surface area contributed by atoms with E-state index in [0.29, 0.717) is 26.1 Å². The number of aliphatic hydroxyl groups is 1. The van der Waals surface area contributed by atoms with Crippen molar-refractivity contribution in [1.29, 1.82) is 0 Å². The Bertz CT molecular complexity index is 654. The number of morpholine rings is 1. The van der Waals surface area contributed by atoms with Crippen molar-refractivity contribution >= 4 is 11.8 Å². The van der Waals surface area contributed by atoms with Crippen LogP contribution in [0.25, 0.3) is 0 Å². The minimum Gasteiger partial charge on any atom is -0.444 e. The molecule has 26 heavy (non-hydrogen) atoms. The van der Waals surface area contributed by atoms with Gasteiger partial charge in [0, 0.05) is 32.6 Å². The smallest absolute Gasteiger partial charge is 0.410 e. The van der Waals surface area contributed by atoms with Crippen molar-refractivity contribution in [2.75, 3.05) is 32.2 Å². The molecule has 6 nitrogen and oxygen atoms in total. The lowest BCUT2D eigenvalue weighted by atomic mass is 9.77. The molecule has 1 aromatic rings. The van der Waals surface area contributed by atoms with Gasteiger partial charge in [0.25, 0.3) is 0 Å². The Morgan fingerprint density at radius 2 is 1.88 bits per heavy atom. The molecule has 2 fully saturated rings. The first-order valence-corrected chi connectivity index (χ1v) is 9.18. The second kappa shape index (κ2) is 6.74. The Hall–Kier alpha value is -1.79. The zero-order valence-electron chi connectivity index (χ0n) is 16.4. The summed E-state index contributed by atoms with van der Waals surface area (Å²) in [4.78, 5) is 16.5. The number of hydrogen-bond donors (Lipinski definition) is 1. The molecule has 2 atom stereocenters. The molecular formula is C20H30N2O4. The van der Waals surface area contributed by atoms with Gasteiger partial charge in [-0.2, -0.15) is 0 Å². The highest BCUT2D eigenvalue weighted by atomic mass is 16.6. The molecule has 6 heteroatoms. The molecule has 1 N–H and O–H groups in total. The summed E-state index contributed by atoms with van der Waals surface area (Å²) < 4.78 is 11.3. The summed E-state index contributed by atoms with van der Waals surface area (Å²) >= 11 is 0. The van der Waals surface area contributed by atoms with Gasteiger partial charge in [-0.15, -0.1) is 0 Å². The van der Waals surface area contributed by atoms with Crippen molar-refractivity contribution in [3.8, 4) is 0 Å². The molecule has 1 aromatic carbocycles. The number of rotatable bonds is 2. The van der Waals surface area contributed by atoms with Gasteiger partial charge in [0.05, 0.1) is 30.9 Å². The molecule has 0 spiro atoms. The van der Waals surface area contributed by atoms with Crippen LogP contribution in [0.2, 0.25) is 0 Å². The molecule has 1 amide bonds. The van der Waals surface area contributed by atoms with Crippen LogP contribution in [0.15, 0.2) is 24.3 Å². The summed E-state index contributed by atoms with van der Waals surface area (Å²) in [6.45, 7) is 6.44. The van der Waals surface area contributed by atoms with E-state index >= 15 is 0 Å². The van der Waals surface area contributed by atoms with E-state index in [9.17, 15) is 9.90 Å². The number of fused-ring (bicyclic) bond motifs is 2. The average molecular weight is 362 g/mol. The fourth-order valence-corrected chi connectivity index (χ4v) is 3.90. The number of piperidine rings is 1. The van der Waals surface area contributed by atoms with Crippen molar-refractivity contribution in [3.63, 3.8) is 0 Å². The third kappa shape index (κ3) is 3.81. The van der Waals surface area contributed by atoms with Crippen LogP contribution < -0.4 is 4.90 Å². The van der Waals surface area contributed by atoms with Crippen LogP contribution in [0, 0.1) is 0 Å². The highest BCUT2D eigenvalue weighted by molar-refractivity contribution is 5.69. The first kappa shape index (κ1) is 19.0. The third-order valence-electron chi connectivity index (χ3n) is 5.06. The number of amides is 1. The topological polar surface area (TPSA) is 62.2 Å².